The van der Waals surface area contributed by atoms with Crippen LogP contribution in [0.3, 0.4) is 0 Å². The lowest BCUT2D eigenvalue weighted by molar-refractivity contribution is 0.415. The summed E-state index contributed by atoms with van der Waals surface area (Å²) in [6.45, 7) is 0.0531. The standard InChI is InChI=1S/C12H12FN3O/c1-17-9-4-2-8(3-5-9)12-11(13)10(6-14)15-7-16-12/h2-5,7H,6,14H2,1H3. The fourth-order valence-corrected chi connectivity index (χ4v) is 1.50. The molecule has 0 saturated heterocycles. The van der Waals surface area contributed by atoms with Crippen molar-refractivity contribution in [1.82, 2.24) is 9.97 Å². The molecule has 0 aliphatic carbocycles. The first-order valence-electron chi connectivity index (χ1n) is 5.10. The zero-order chi connectivity index (χ0) is 12.3. The maximum Gasteiger partial charge on any atom is 0.172 e. The molecule has 2 aromatic rings. The lowest BCUT2D eigenvalue weighted by Crippen LogP contribution is -2.05. The normalized spacial score (nSPS) is 10.3. The predicted molar refractivity (Wildman–Crippen MR) is 61.9 cm³/mol. The number of hydrogen-bond acceptors (Lipinski definition) is 4. The SMILES string of the molecule is COc1ccc(-c2ncnc(CN)c2F)cc1. The summed E-state index contributed by atoms with van der Waals surface area (Å²) >= 11 is 0. The van der Waals surface area contributed by atoms with Crippen molar-refractivity contribution in [2.45, 2.75) is 6.54 Å². The Kier molecular flexibility index (Phi) is 3.30. The van der Waals surface area contributed by atoms with Crippen molar-refractivity contribution in [3.63, 3.8) is 0 Å². The van der Waals surface area contributed by atoms with Crippen molar-refractivity contribution < 1.29 is 9.13 Å². The molecule has 1 aromatic carbocycles. The minimum atomic E-state index is -0.472. The summed E-state index contributed by atoms with van der Waals surface area (Å²) in [5.74, 6) is 0.238. The lowest BCUT2D eigenvalue weighted by Gasteiger charge is -2.06. The molecule has 1 aromatic heterocycles. The Morgan fingerprint density at radius 3 is 2.53 bits per heavy atom. The molecular weight excluding hydrogens is 221 g/mol. The highest BCUT2D eigenvalue weighted by Crippen LogP contribution is 2.23. The van der Waals surface area contributed by atoms with Crippen LogP contribution in [-0.2, 0) is 6.54 Å². The van der Waals surface area contributed by atoms with Crippen LogP contribution in [0.4, 0.5) is 4.39 Å². The van der Waals surface area contributed by atoms with Gasteiger partial charge in [0.05, 0.1) is 12.8 Å². The highest BCUT2D eigenvalue weighted by Gasteiger charge is 2.11. The van der Waals surface area contributed by atoms with Crippen molar-refractivity contribution in [3.8, 4) is 17.0 Å². The van der Waals surface area contributed by atoms with Crippen LogP contribution in [-0.4, -0.2) is 17.1 Å². The van der Waals surface area contributed by atoms with Gasteiger partial charge in [0.15, 0.2) is 5.82 Å². The van der Waals surface area contributed by atoms with E-state index < -0.39 is 5.82 Å². The van der Waals surface area contributed by atoms with Crippen molar-refractivity contribution in [1.29, 1.82) is 0 Å². The Balaban J connectivity index is 2.45. The lowest BCUT2D eigenvalue weighted by atomic mass is 10.1. The third-order valence-electron chi connectivity index (χ3n) is 2.42. The summed E-state index contributed by atoms with van der Waals surface area (Å²) in [6, 6.07) is 6.98. The molecule has 0 saturated carbocycles. The second-order valence-electron chi connectivity index (χ2n) is 3.42. The first kappa shape index (κ1) is 11.5. The molecule has 0 amide bonds. The molecule has 0 spiro atoms. The van der Waals surface area contributed by atoms with Crippen molar-refractivity contribution in [2.24, 2.45) is 5.73 Å². The number of methoxy groups -OCH3 is 1. The van der Waals surface area contributed by atoms with E-state index in [4.69, 9.17) is 10.5 Å². The first-order chi connectivity index (χ1) is 8.26. The second kappa shape index (κ2) is 4.88. The van der Waals surface area contributed by atoms with Crippen molar-refractivity contribution >= 4 is 0 Å². The fourth-order valence-electron chi connectivity index (χ4n) is 1.50. The van der Waals surface area contributed by atoms with E-state index in [2.05, 4.69) is 9.97 Å². The molecule has 0 fully saturated rings. The van der Waals surface area contributed by atoms with E-state index in [1.807, 2.05) is 0 Å². The molecule has 0 unspecified atom stereocenters. The maximum atomic E-state index is 13.9. The summed E-state index contributed by atoms with van der Waals surface area (Å²) in [5, 5.41) is 0. The summed E-state index contributed by atoms with van der Waals surface area (Å²) in [6.07, 6.45) is 1.31. The highest BCUT2D eigenvalue weighted by atomic mass is 19.1. The third-order valence-corrected chi connectivity index (χ3v) is 2.42. The van der Waals surface area contributed by atoms with Gasteiger partial charge in [-0.15, -0.1) is 0 Å². The molecule has 5 heteroatoms. The van der Waals surface area contributed by atoms with Gasteiger partial charge >= 0.3 is 0 Å². The van der Waals surface area contributed by atoms with Crippen LogP contribution in [0, 0.1) is 5.82 Å². The van der Waals surface area contributed by atoms with Crippen LogP contribution in [0.1, 0.15) is 5.69 Å². The van der Waals surface area contributed by atoms with E-state index >= 15 is 0 Å². The monoisotopic (exact) mass is 233 g/mol. The molecular formula is C12H12FN3O. The summed E-state index contributed by atoms with van der Waals surface area (Å²) < 4.78 is 18.9. The van der Waals surface area contributed by atoms with Crippen LogP contribution in [0.2, 0.25) is 0 Å². The first-order valence-corrected chi connectivity index (χ1v) is 5.10. The average molecular weight is 233 g/mol. The number of rotatable bonds is 3. The minimum Gasteiger partial charge on any atom is -0.497 e. The van der Waals surface area contributed by atoms with Gasteiger partial charge in [0, 0.05) is 12.1 Å². The van der Waals surface area contributed by atoms with Crippen LogP contribution < -0.4 is 10.5 Å². The fraction of sp³-hybridized carbons (Fsp3) is 0.167. The van der Waals surface area contributed by atoms with Crippen LogP contribution in [0.5, 0.6) is 5.75 Å². The number of aromatic nitrogens is 2. The van der Waals surface area contributed by atoms with Crippen molar-refractivity contribution in [3.05, 3.63) is 42.1 Å². The Bertz CT molecular complexity index is 514. The van der Waals surface area contributed by atoms with Crippen LogP contribution in [0.15, 0.2) is 30.6 Å². The number of nitrogens with two attached hydrogens (primary N) is 1. The molecule has 88 valence electrons. The quantitative estimate of drug-likeness (QED) is 0.877. The van der Waals surface area contributed by atoms with Gasteiger partial charge in [0.25, 0.3) is 0 Å². The van der Waals surface area contributed by atoms with Gasteiger partial charge in [-0.1, -0.05) is 0 Å². The molecule has 1 heterocycles. The van der Waals surface area contributed by atoms with Gasteiger partial charge in [-0.05, 0) is 24.3 Å². The number of nitrogens with zero attached hydrogens (tertiary/aromatic N) is 2. The molecule has 4 nitrogen and oxygen atoms in total. The number of hydrogen-bond donors (Lipinski definition) is 1. The van der Waals surface area contributed by atoms with Gasteiger partial charge in [-0.3, -0.25) is 0 Å². The smallest absolute Gasteiger partial charge is 0.172 e. The highest BCUT2D eigenvalue weighted by molar-refractivity contribution is 5.60. The zero-order valence-electron chi connectivity index (χ0n) is 9.35. The number of benzene rings is 1. The molecule has 0 aliphatic rings. The molecule has 0 atom stereocenters. The van der Waals surface area contributed by atoms with Gasteiger partial charge in [-0.25, -0.2) is 14.4 Å². The number of ether oxygens (including phenoxy) is 1. The van der Waals surface area contributed by atoms with Gasteiger partial charge < -0.3 is 10.5 Å². The van der Waals surface area contributed by atoms with Crippen LogP contribution >= 0.6 is 0 Å². The molecule has 17 heavy (non-hydrogen) atoms. The van der Waals surface area contributed by atoms with Crippen LogP contribution in [0.25, 0.3) is 11.3 Å². The maximum absolute atomic E-state index is 13.9. The van der Waals surface area contributed by atoms with Gasteiger partial charge in [-0.2, -0.15) is 0 Å². The summed E-state index contributed by atoms with van der Waals surface area (Å²) in [5.41, 5.74) is 6.53. The molecule has 2 N–H and O–H groups in total. The van der Waals surface area contributed by atoms with E-state index in [1.54, 1.807) is 31.4 Å². The Morgan fingerprint density at radius 1 is 1.24 bits per heavy atom. The molecule has 0 aliphatic heterocycles. The Hall–Kier alpha value is -2.01. The number of halogens is 1. The summed E-state index contributed by atoms with van der Waals surface area (Å²) in [7, 11) is 1.58. The Morgan fingerprint density at radius 2 is 1.94 bits per heavy atom. The minimum absolute atomic E-state index is 0.0531. The van der Waals surface area contributed by atoms with E-state index in [9.17, 15) is 4.39 Å². The largest absolute Gasteiger partial charge is 0.497 e. The molecule has 2 rings (SSSR count). The van der Waals surface area contributed by atoms with E-state index in [0.29, 0.717) is 11.3 Å². The summed E-state index contributed by atoms with van der Waals surface area (Å²) in [4.78, 5) is 7.71. The van der Waals surface area contributed by atoms with Gasteiger partial charge in [0.2, 0.25) is 0 Å². The topological polar surface area (TPSA) is 61.0 Å². The zero-order valence-corrected chi connectivity index (χ0v) is 9.35. The molecule has 0 bridgehead atoms. The second-order valence-corrected chi connectivity index (χ2v) is 3.42. The third kappa shape index (κ3) is 2.24. The van der Waals surface area contributed by atoms with Gasteiger partial charge in [0.1, 0.15) is 17.8 Å². The van der Waals surface area contributed by atoms with E-state index in [1.165, 1.54) is 6.33 Å². The predicted octanol–water partition coefficient (Wildman–Crippen LogP) is 1.75. The van der Waals surface area contributed by atoms with Crippen molar-refractivity contribution in [2.75, 3.05) is 7.11 Å². The van der Waals surface area contributed by atoms with E-state index in [0.717, 1.165) is 0 Å². The molecule has 0 radical (unpaired) electrons. The average Bonchev–Trinajstić information content (AvgIpc) is 2.39. The van der Waals surface area contributed by atoms with E-state index in [-0.39, 0.29) is 17.9 Å². The Labute approximate surface area is 98.3 Å².